The average molecular weight is 813 g/mol. The van der Waals surface area contributed by atoms with E-state index in [-0.39, 0.29) is 0 Å². The molecule has 3 aromatic rings. The summed E-state index contributed by atoms with van der Waals surface area (Å²) in [6.45, 7) is 10.2. The zero-order chi connectivity index (χ0) is 42.5. The molecule has 57 heavy (non-hydrogen) atoms. The molecule has 0 bridgehead atoms. The Labute approximate surface area is 337 Å². The summed E-state index contributed by atoms with van der Waals surface area (Å²) in [5, 5.41) is 3.03. The summed E-state index contributed by atoms with van der Waals surface area (Å²) in [4.78, 5) is 72.4. The number of likely N-dealkylation sites (tertiary alicyclic amines) is 1. The maximum atomic E-state index is 14.5. The highest BCUT2D eigenvalue weighted by molar-refractivity contribution is 6.31. The number of rotatable bonds is 14. The van der Waals surface area contributed by atoms with Gasteiger partial charge in [0.25, 0.3) is 0 Å². The first-order valence-corrected chi connectivity index (χ1v) is 19.4. The summed E-state index contributed by atoms with van der Waals surface area (Å²) < 4.78 is 47.3. The van der Waals surface area contributed by atoms with Crippen LogP contribution in [0.4, 0.5) is 13.2 Å². The molecule has 10 nitrogen and oxygen atoms in total. The van der Waals surface area contributed by atoms with Crippen molar-refractivity contribution >= 4 is 41.2 Å². The number of esters is 1. The minimum Gasteiger partial charge on any atom is -0.444 e. The van der Waals surface area contributed by atoms with Gasteiger partial charge in [-0.25, -0.2) is 0 Å². The second-order valence-electron chi connectivity index (χ2n) is 15.4. The van der Waals surface area contributed by atoms with Crippen LogP contribution >= 0.6 is 11.6 Å². The van der Waals surface area contributed by atoms with Crippen molar-refractivity contribution in [2.75, 3.05) is 27.2 Å². The third-order valence-corrected chi connectivity index (χ3v) is 11.3. The van der Waals surface area contributed by atoms with Crippen LogP contribution in [-0.4, -0.2) is 95.3 Å². The molecule has 1 heterocycles. The van der Waals surface area contributed by atoms with Gasteiger partial charge in [0.15, 0.2) is 5.60 Å². The monoisotopic (exact) mass is 812 g/mol. The number of benzene rings is 3. The molecule has 4 rings (SSSR count). The van der Waals surface area contributed by atoms with Gasteiger partial charge in [0.1, 0.15) is 17.6 Å². The number of hydrogen-bond donors (Lipinski definition) is 1. The molecule has 0 radical (unpaired) electrons. The molecule has 1 aliphatic rings. The van der Waals surface area contributed by atoms with Crippen molar-refractivity contribution in [3.63, 3.8) is 0 Å². The van der Waals surface area contributed by atoms with E-state index in [9.17, 15) is 37.1 Å². The first kappa shape index (κ1) is 44.8. The van der Waals surface area contributed by atoms with E-state index in [0.717, 1.165) is 30.4 Å². The fourth-order valence-corrected chi connectivity index (χ4v) is 7.71. The molecule has 4 atom stereocenters. The Morgan fingerprint density at radius 3 is 1.89 bits per heavy atom. The molecule has 3 aromatic carbocycles. The van der Waals surface area contributed by atoms with Gasteiger partial charge in [-0.1, -0.05) is 118 Å². The number of alkyl halides is 3. The number of hydrogen-bond acceptors (Lipinski definition) is 6. The normalized spacial score (nSPS) is 16.3. The van der Waals surface area contributed by atoms with Gasteiger partial charge in [-0.05, 0) is 44.6 Å². The highest BCUT2D eigenvalue weighted by atomic mass is 35.5. The third-order valence-electron chi connectivity index (χ3n) is 11.0. The molecule has 4 amide bonds. The Bertz CT molecular complexity index is 1920. The summed E-state index contributed by atoms with van der Waals surface area (Å²) in [6, 6.07) is 20.6. The average Bonchev–Trinajstić information content (AvgIpc) is 3.71. The van der Waals surface area contributed by atoms with Crippen molar-refractivity contribution in [1.82, 2.24) is 20.0 Å². The van der Waals surface area contributed by atoms with Gasteiger partial charge in [-0.2, -0.15) is 13.2 Å². The predicted molar refractivity (Wildman–Crippen MR) is 211 cm³/mol. The second-order valence-corrected chi connectivity index (χ2v) is 15.8. The van der Waals surface area contributed by atoms with Gasteiger partial charge < -0.3 is 24.8 Å². The van der Waals surface area contributed by atoms with Gasteiger partial charge in [-0.3, -0.25) is 24.0 Å². The lowest BCUT2D eigenvalue weighted by atomic mass is 9.79. The van der Waals surface area contributed by atoms with Gasteiger partial charge in [0.05, 0.1) is 6.42 Å². The van der Waals surface area contributed by atoms with Gasteiger partial charge >= 0.3 is 18.1 Å². The molecule has 308 valence electrons. The SMILES string of the molecule is Cc1ccc(C(OC(=O)C[C@H](NC(=O)[C@H](C(C)C)N(C)C(=O)[C@](C)(C(C)C)N(C)C(=O)C(F)(F)F)C(=O)N2CCCC2)(c2ccccc2)c2ccccc2Cl)cc1. The Morgan fingerprint density at radius 2 is 1.37 bits per heavy atom. The van der Waals surface area contributed by atoms with E-state index in [1.54, 1.807) is 67.3 Å². The molecule has 1 aliphatic heterocycles. The number of ether oxygens (including phenoxy) is 1. The van der Waals surface area contributed by atoms with E-state index in [1.807, 2.05) is 37.3 Å². The van der Waals surface area contributed by atoms with Crippen molar-refractivity contribution in [1.29, 1.82) is 0 Å². The molecule has 0 aromatic heterocycles. The first-order chi connectivity index (χ1) is 26.7. The number of amides is 4. The molecular weight excluding hydrogens is 761 g/mol. The van der Waals surface area contributed by atoms with Gasteiger partial charge in [-0.15, -0.1) is 0 Å². The lowest BCUT2D eigenvalue weighted by Crippen LogP contribution is -2.66. The standard InChI is InChI=1S/C43H52ClF3N4O6/c1-27(2)36(49(7)39(55)41(6,28(3)4)50(8)40(56)43(45,46)47)37(53)48-34(38(54)51-24-14-15-25-51)26-35(52)57-42(30-16-10-9-11-17-30,31-22-20-29(5)21-23-31)32-18-12-13-19-33(32)44/h9-13,16-23,27-28,34,36H,14-15,24-26H2,1-8H3,(H,48,53)/t34-,36-,41-,42?/m0/s1. The van der Waals surface area contributed by atoms with Crippen molar-refractivity contribution < 1.29 is 41.9 Å². The van der Waals surface area contributed by atoms with Crippen LogP contribution in [0, 0.1) is 18.8 Å². The Morgan fingerprint density at radius 1 is 0.825 bits per heavy atom. The van der Waals surface area contributed by atoms with Crippen molar-refractivity contribution in [2.24, 2.45) is 11.8 Å². The molecule has 1 fully saturated rings. The summed E-state index contributed by atoms with van der Waals surface area (Å²) in [5.74, 6) is -6.76. The molecule has 1 unspecified atom stereocenters. The molecule has 0 spiro atoms. The Kier molecular flexibility index (Phi) is 14.2. The van der Waals surface area contributed by atoms with Crippen LogP contribution in [-0.2, 0) is 34.3 Å². The number of likely N-dealkylation sites (N-methyl/N-ethyl adjacent to an activating group) is 2. The zero-order valence-corrected chi connectivity index (χ0v) is 34.4. The van der Waals surface area contributed by atoms with Crippen molar-refractivity contribution in [2.45, 2.75) is 90.2 Å². The van der Waals surface area contributed by atoms with Crippen LogP contribution in [0.25, 0.3) is 0 Å². The number of halogens is 4. The van der Waals surface area contributed by atoms with Gasteiger partial charge in [0, 0.05) is 48.9 Å². The van der Waals surface area contributed by atoms with E-state index >= 15 is 0 Å². The Balaban J connectivity index is 1.75. The van der Waals surface area contributed by atoms with E-state index in [2.05, 4.69) is 5.32 Å². The molecular formula is C43H52ClF3N4O6. The van der Waals surface area contributed by atoms with E-state index < -0.39 is 77.3 Å². The van der Waals surface area contributed by atoms with Crippen molar-refractivity contribution in [3.05, 3.63) is 106 Å². The molecule has 0 aliphatic carbocycles. The fourth-order valence-electron chi connectivity index (χ4n) is 7.44. The Hall–Kier alpha value is -4.91. The molecule has 0 saturated carbocycles. The van der Waals surface area contributed by atoms with Crippen LogP contribution in [0.5, 0.6) is 0 Å². The number of nitrogens with zero attached hydrogens (tertiary/aromatic N) is 3. The van der Waals surface area contributed by atoms with Gasteiger partial charge in [0.2, 0.25) is 17.7 Å². The quantitative estimate of drug-likeness (QED) is 0.140. The molecule has 1 N–H and O–H groups in total. The van der Waals surface area contributed by atoms with E-state index in [0.29, 0.717) is 39.7 Å². The molecule has 14 heteroatoms. The smallest absolute Gasteiger partial charge is 0.444 e. The largest absolute Gasteiger partial charge is 0.471 e. The number of carbonyl (C=O) groups is 5. The van der Waals surface area contributed by atoms with Crippen LogP contribution in [0.15, 0.2) is 78.9 Å². The summed E-state index contributed by atoms with van der Waals surface area (Å²) >= 11 is 6.85. The highest BCUT2D eigenvalue weighted by Gasteiger charge is 2.53. The van der Waals surface area contributed by atoms with Crippen molar-refractivity contribution in [3.8, 4) is 0 Å². The minimum atomic E-state index is -5.25. The number of nitrogens with one attached hydrogen (secondary N) is 1. The summed E-state index contributed by atoms with van der Waals surface area (Å²) in [7, 11) is 2.17. The summed E-state index contributed by atoms with van der Waals surface area (Å²) in [6.07, 6.45) is -4.42. The lowest BCUT2D eigenvalue weighted by Gasteiger charge is -2.45. The maximum absolute atomic E-state index is 14.5. The lowest BCUT2D eigenvalue weighted by molar-refractivity contribution is -0.193. The van der Waals surface area contributed by atoms with Crippen LogP contribution < -0.4 is 5.32 Å². The third kappa shape index (κ3) is 9.46. The highest BCUT2D eigenvalue weighted by Crippen LogP contribution is 2.44. The number of carbonyl (C=O) groups excluding carboxylic acids is 5. The first-order valence-electron chi connectivity index (χ1n) is 19.0. The van der Waals surface area contributed by atoms with E-state index in [4.69, 9.17) is 16.3 Å². The van der Waals surface area contributed by atoms with Crippen LogP contribution in [0.1, 0.15) is 76.1 Å². The fraction of sp³-hybridized carbons (Fsp3) is 0.465. The van der Waals surface area contributed by atoms with Crippen LogP contribution in [0.3, 0.4) is 0 Å². The zero-order valence-electron chi connectivity index (χ0n) is 33.7. The van der Waals surface area contributed by atoms with Crippen LogP contribution in [0.2, 0.25) is 5.02 Å². The predicted octanol–water partition coefficient (Wildman–Crippen LogP) is 6.90. The summed E-state index contributed by atoms with van der Waals surface area (Å²) in [5.41, 5.74) is -1.04. The molecule has 1 saturated heterocycles. The topological polar surface area (TPSA) is 116 Å². The maximum Gasteiger partial charge on any atom is 0.471 e. The number of aryl methyl sites for hydroxylation is 1. The van der Waals surface area contributed by atoms with E-state index in [1.165, 1.54) is 27.8 Å². The second kappa shape index (κ2) is 18.1. The minimum absolute atomic E-state index is 0.316.